The monoisotopic (exact) mass is 396 g/mol. The van der Waals surface area contributed by atoms with Crippen molar-refractivity contribution in [1.29, 1.82) is 0 Å². The van der Waals surface area contributed by atoms with Crippen LogP contribution < -0.4 is 9.47 Å². The molecule has 1 aliphatic rings. The maximum absolute atomic E-state index is 13.1. The van der Waals surface area contributed by atoms with Crippen LogP contribution in [0.4, 0.5) is 5.69 Å². The zero-order chi connectivity index (χ0) is 20.9. The molecule has 1 fully saturated rings. The van der Waals surface area contributed by atoms with Crippen LogP contribution in [0.25, 0.3) is 0 Å². The van der Waals surface area contributed by atoms with Crippen LogP contribution in [0.15, 0.2) is 12.1 Å². The van der Waals surface area contributed by atoms with Crippen LogP contribution in [0.1, 0.15) is 30.1 Å². The zero-order valence-corrected chi connectivity index (χ0v) is 16.1. The summed E-state index contributed by atoms with van der Waals surface area (Å²) < 4.78 is 15.6. The highest BCUT2D eigenvalue weighted by atomic mass is 16.6. The first-order chi connectivity index (χ1) is 13.3. The Labute approximate surface area is 162 Å². The minimum Gasteiger partial charge on any atom is -0.493 e. The van der Waals surface area contributed by atoms with E-state index in [2.05, 4.69) is 0 Å². The van der Waals surface area contributed by atoms with Gasteiger partial charge in [0.15, 0.2) is 11.5 Å². The molecule has 1 unspecified atom stereocenters. The number of nitrogens with zero attached hydrogens (tertiary/aromatic N) is 2. The van der Waals surface area contributed by atoms with Crippen LogP contribution in [0, 0.1) is 15.5 Å². The predicted octanol–water partition coefficient (Wildman–Crippen LogP) is 1.96. The van der Waals surface area contributed by atoms with E-state index in [4.69, 9.17) is 14.2 Å². The number of amides is 1. The third-order valence-corrected chi connectivity index (χ3v) is 4.75. The fraction of sp³-hybridized carbons (Fsp3) is 0.556. The number of hydrogen-bond donors (Lipinski definition) is 1. The second-order valence-corrected chi connectivity index (χ2v) is 6.56. The normalized spacial score (nSPS) is 19.2. The van der Waals surface area contributed by atoms with Crippen molar-refractivity contribution in [2.24, 2.45) is 5.41 Å². The quantitative estimate of drug-likeness (QED) is 0.521. The van der Waals surface area contributed by atoms with Gasteiger partial charge in [-0.3, -0.25) is 19.7 Å². The number of hydrogen-bond acceptors (Lipinski definition) is 7. The van der Waals surface area contributed by atoms with E-state index >= 15 is 0 Å². The Morgan fingerprint density at radius 1 is 1.32 bits per heavy atom. The topological polar surface area (TPSA) is 128 Å². The van der Waals surface area contributed by atoms with Crippen molar-refractivity contribution in [3.05, 3.63) is 27.8 Å². The van der Waals surface area contributed by atoms with Gasteiger partial charge in [0.1, 0.15) is 11.0 Å². The number of carboxylic acid groups (broad SMARTS) is 1. The lowest BCUT2D eigenvalue weighted by Gasteiger charge is -2.39. The molecule has 0 spiro atoms. The van der Waals surface area contributed by atoms with Gasteiger partial charge in [-0.15, -0.1) is 0 Å². The summed E-state index contributed by atoms with van der Waals surface area (Å²) in [4.78, 5) is 37.1. The summed E-state index contributed by atoms with van der Waals surface area (Å²) in [5.74, 6) is -1.34. The fourth-order valence-corrected chi connectivity index (χ4v) is 3.41. The number of aliphatic carboxylic acids is 1. The number of likely N-dealkylation sites (tertiary alicyclic amines) is 1. The van der Waals surface area contributed by atoms with Gasteiger partial charge in [0, 0.05) is 26.3 Å². The van der Waals surface area contributed by atoms with Gasteiger partial charge in [0.25, 0.3) is 11.6 Å². The van der Waals surface area contributed by atoms with Crippen LogP contribution in [0.2, 0.25) is 0 Å². The van der Waals surface area contributed by atoms with Crippen molar-refractivity contribution in [2.75, 3.05) is 40.5 Å². The molecule has 10 nitrogen and oxygen atoms in total. The molecule has 10 heteroatoms. The van der Waals surface area contributed by atoms with Gasteiger partial charge in [-0.1, -0.05) is 0 Å². The summed E-state index contributed by atoms with van der Waals surface area (Å²) >= 11 is 0. The molecule has 1 atom stereocenters. The molecule has 0 aliphatic carbocycles. The number of methoxy groups -OCH3 is 2. The summed E-state index contributed by atoms with van der Waals surface area (Å²) in [6, 6.07) is 2.41. The molecular formula is C18H24N2O8. The predicted molar refractivity (Wildman–Crippen MR) is 97.9 cm³/mol. The number of carbonyl (C=O) groups is 2. The molecule has 0 radical (unpaired) electrons. The highest BCUT2D eigenvalue weighted by molar-refractivity contribution is 5.99. The SMILES string of the molecule is CCOc1cc(C(=O)N2CCCC(COC)(C(=O)O)C2)c([N+](=O)[O-])cc1OC. The van der Waals surface area contributed by atoms with E-state index < -0.39 is 27.9 Å². The Morgan fingerprint density at radius 3 is 2.57 bits per heavy atom. The van der Waals surface area contributed by atoms with Crippen LogP contribution in [0.5, 0.6) is 11.5 Å². The Hall–Kier alpha value is -2.88. The van der Waals surface area contributed by atoms with Gasteiger partial charge in [-0.2, -0.15) is 0 Å². The number of carboxylic acids is 1. The van der Waals surface area contributed by atoms with Crippen LogP contribution in [-0.2, 0) is 9.53 Å². The summed E-state index contributed by atoms with van der Waals surface area (Å²) in [6.45, 7) is 2.16. The second kappa shape index (κ2) is 8.87. The number of nitro groups is 1. The average molecular weight is 396 g/mol. The van der Waals surface area contributed by atoms with E-state index in [1.54, 1.807) is 6.92 Å². The van der Waals surface area contributed by atoms with Crippen LogP contribution >= 0.6 is 0 Å². The molecular weight excluding hydrogens is 372 g/mol. The molecule has 1 amide bonds. The molecule has 0 aromatic heterocycles. The number of carbonyl (C=O) groups excluding carboxylic acids is 1. The van der Waals surface area contributed by atoms with Crippen LogP contribution in [0.3, 0.4) is 0 Å². The number of piperidine rings is 1. The molecule has 1 aromatic rings. The van der Waals surface area contributed by atoms with E-state index in [0.717, 1.165) is 6.07 Å². The van der Waals surface area contributed by atoms with Crippen molar-refractivity contribution in [3.8, 4) is 11.5 Å². The Morgan fingerprint density at radius 2 is 2.04 bits per heavy atom. The molecule has 1 aromatic carbocycles. The first-order valence-electron chi connectivity index (χ1n) is 8.80. The lowest BCUT2D eigenvalue weighted by molar-refractivity contribution is -0.385. The third kappa shape index (κ3) is 4.16. The molecule has 2 rings (SSSR count). The summed E-state index contributed by atoms with van der Waals surface area (Å²) in [5.41, 5.74) is -1.84. The van der Waals surface area contributed by atoms with E-state index in [1.807, 2.05) is 0 Å². The van der Waals surface area contributed by atoms with E-state index in [1.165, 1.54) is 25.2 Å². The fourth-order valence-electron chi connectivity index (χ4n) is 3.41. The smallest absolute Gasteiger partial charge is 0.313 e. The van der Waals surface area contributed by atoms with Crippen molar-refractivity contribution >= 4 is 17.6 Å². The zero-order valence-electron chi connectivity index (χ0n) is 16.1. The number of ether oxygens (including phenoxy) is 3. The summed E-state index contributed by atoms with van der Waals surface area (Å²) in [6.07, 6.45) is 0.804. The third-order valence-electron chi connectivity index (χ3n) is 4.75. The lowest BCUT2D eigenvalue weighted by Crippen LogP contribution is -2.52. The van der Waals surface area contributed by atoms with E-state index in [9.17, 15) is 24.8 Å². The van der Waals surface area contributed by atoms with Crippen molar-refractivity contribution in [2.45, 2.75) is 19.8 Å². The molecule has 1 aliphatic heterocycles. The van der Waals surface area contributed by atoms with E-state index in [-0.39, 0.29) is 36.8 Å². The number of nitro benzene ring substituents is 1. The average Bonchev–Trinajstić information content (AvgIpc) is 2.67. The molecule has 1 saturated heterocycles. The standard InChI is InChI=1S/C18H24N2O8/c1-4-28-15-8-12(13(20(24)25)9-14(15)27-3)16(21)19-7-5-6-18(10-19,11-26-2)17(22)23/h8-9H,4-7,10-11H2,1-3H3,(H,22,23). The molecule has 0 bridgehead atoms. The summed E-state index contributed by atoms with van der Waals surface area (Å²) in [5, 5.41) is 21.2. The molecule has 1 N–H and O–H groups in total. The van der Waals surface area contributed by atoms with Crippen molar-refractivity contribution in [1.82, 2.24) is 4.90 Å². The van der Waals surface area contributed by atoms with Gasteiger partial charge in [0.05, 0.1) is 31.3 Å². The van der Waals surface area contributed by atoms with Gasteiger partial charge in [0.2, 0.25) is 0 Å². The van der Waals surface area contributed by atoms with Gasteiger partial charge >= 0.3 is 5.97 Å². The molecule has 28 heavy (non-hydrogen) atoms. The number of benzene rings is 1. The summed E-state index contributed by atoms with van der Waals surface area (Å²) in [7, 11) is 2.74. The maximum Gasteiger partial charge on any atom is 0.313 e. The highest BCUT2D eigenvalue weighted by Gasteiger charge is 2.44. The molecule has 0 saturated carbocycles. The van der Waals surface area contributed by atoms with Gasteiger partial charge < -0.3 is 24.2 Å². The second-order valence-electron chi connectivity index (χ2n) is 6.56. The molecule has 154 valence electrons. The first-order valence-corrected chi connectivity index (χ1v) is 8.80. The van der Waals surface area contributed by atoms with Crippen molar-refractivity contribution < 1.29 is 33.8 Å². The Balaban J connectivity index is 2.45. The minimum atomic E-state index is -1.24. The number of rotatable bonds is 8. The highest BCUT2D eigenvalue weighted by Crippen LogP contribution is 2.37. The van der Waals surface area contributed by atoms with Crippen molar-refractivity contribution in [3.63, 3.8) is 0 Å². The first kappa shape index (κ1) is 21.4. The largest absolute Gasteiger partial charge is 0.493 e. The Bertz CT molecular complexity index is 762. The van der Waals surface area contributed by atoms with Gasteiger partial charge in [-0.05, 0) is 19.8 Å². The lowest BCUT2D eigenvalue weighted by atomic mass is 9.80. The maximum atomic E-state index is 13.1. The Kier molecular flexibility index (Phi) is 6.79. The van der Waals surface area contributed by atoms with E-state index in [0.29, 0.717) is 19.4 Å². The van der Waals surface area contributed by atoms with Gasteiger partial charge in [-0.25, -0.2) is 0 Å². The minimum absolute atomic E-state index is 0.0545. The van der Waals surface area contributed by atoms with Crippen LogP contribution in [-0.4, -0.2) is 67.3 Å². The molecule has 1 heterocycles.